The number of furan rings is 4. The summed E-state index contributed by atoms with van der Waals surface area (Å²) in [6, 6.07) is 72.1. The number of para-hydroxylation sites is 2. The van der Waals surface area contributed by atoms with Crippen molar-refractivity contribution in [2.75, 3.05) is 9.80 Å². The molecule has 0 aliphatic carbocycles. The molecule has 9 aromatic carbocycles. The van der Waals surface area contributed by atoms with Crippen LogP contribution in [0.2, 0.25) is 0 Å². The third-order valence-corrected chi connectivity index (χ3v) is 16.1. The summed E-state index contributed by atoms with van der Waals surface area (Å²) < 4.78 is 27.5. The molecule has 0 unspecified atom stereocenters. The predicted octanol–water partition coefficient (Wildman–Crippen LogP) is 18.0. The van der Waals surface area contributed by atoms with Gasteiger partial charge in [0.2, 0.25) is 0 Å². The Morgan fingerprint density at radius 3 is 1.21 bits per heavy atom. The second-order valence-electron chi connectivity index (χ2n) is 22.9. The molecular weight excluding hydrogens is 944 g/mol. The van der Waals surface area contributed by atoms with E-state index in [1.807, 2.05) is 36.8 Å². The third kappa shape index (κ3) is 6.96. The minimum atomic E-state index is -0.419. The van der Waals surface area contributed by atoms with Gasteiger partial charge in [0, 0.05) is 55.2 Å². The zero-order valence-corrected chi connectivity index (χ0v) is 43.8. The summed E-state index contributed by atoms with van der Waals surface area (Å²) in [7, 11) is 0. The summed E-state index contributed by atoms with van der Waals surface area (Å²) in [6.45, 7) is 13.3. The highest BCUT2D eigenvalue weighted by Crippen LogP contribution is 2.53. The Morgan fingerprint density at radius 1 is 0.338 bits per heavy atom. The topological polar surface area (TPSA) is 59.0 Å². The SMILES string of the molecule is CC(C)(C)c1ccc2oc3c(c2c1)N(c1cc(-c2coc4ccccc24)ccc1-c1ccccc1)c1cccc2c1B3c1oc3ccc(C(C)(C)C)cc3c1N2c1cc(-c2coc3ccccc23)ccc1-c1ccccc1. The fourth-order valence-corrected chi connectivity index (χ4v) is 12.2. The minimum absolute atomic E-state index is 0.129. The molecule has 0 saturated carbocycles. The summed E-state index contributed by atoms with van der Waals surface area (Å²) in [5.41, 5.74) is 23.0. The van der Waals surface area contributed by atoms with Crippen LogP contribution in [0.3, 0.4) is 0 Å². The fraction of sp³-hybridized carbons (Fsp3) is 0.114. The van der Waals surface area contributed by atoms with Crippen LogP contribution in [0.25, 0.3) is 88.4 Å². The van der Waals surface area contributed by atoms with Gasteiger partial charge in [-0.25, -0.2) is 0 Å². The van der Waals surface area contributed by atoms with Crippen LogP contribution in [0.1, 0.15) is 52.7 Å². The summed E-state index contributed by atoms with van der Waals surface area (Å²) in [5.74, 6) is 0. The van der Waals surface area contributed by atoms with Crippen LogP contribution in [0.15, 0.2) is 230 Å². The number of rotatable bonds is 6. The number of anilines is 6. The van der Waals surface area contributed by atoms with Crippen LogP contribution >= 0.6 is 0 Å². The van der Waals surface area contributed by atoms with Gasteiger partial charge in [-0.15, -0.1) is 0 Å². The van der Waals surface area contributed by atoms with E-state index in [2.05, 4.69) is 227 Å². The monoisotopic (exact) mass is 996 g/mol. The van der Waals surface area contributed by atoms with Gasteiger partial charge in [0.1, 0.15) is 33.7 Å². The largest absolute Gasteiger partial charge is 0.468 e. The minimum Gasteiger partial charge on any atom is -0.468 e. The van der Waals surface area contributed by atoms with Crippen molar-refractivity contribution in [3.63, 3.8) is 0 Å². The second-order valence-corrected chi connectivity index (χ2v) is 22.9. The standard InChI is InChI=1S/C70H53BN2O4/c1-69(2,3)46-30-34-62-52(38-46)65-67(76-62)71-64-56(72(65)58-36-44(28-32-48(58)42-18-9-7-10-19-42)54-40-74-60-26-15-13-22-50(54)60)24-17-25-57(64)73(66-53-39-47(70(4,5)6)31-35-63(53)77-68(66)71)59-37-45(29-33-49(59)43-20-11-8-12-21-43)55-41-75-61-27-16-14-23-51(55)61/h7-41H,1-6H3. The van der Waals surface area contributed by atoms with Gasteiger partial charge in [-0.2, -0.15) is 0 Å². The number of hydrogen-bond donors (Lipinski definition) is 0. The zero-order valence-electron chi connectivity index (χ0n) is 43.8. The highest BCUT2D eigenvalue weighted by molar-refractivity contribution is 6.99. The van der Waals surface area contributed by atoms with Crippen molar-refractivity contribution in [1.29, 1.82) is 0 Å². The van der Waals surface area contributed by atoms with Gasteiger partial charge in [0.25, 0.3) is 0 Å². The molecule has 2 aliphatic rings. The van der Waals surface area contributed by atoms with Gasteiger partial charge >= 0.3 is 6.71 Å². The van der Waals surface area contributed by atoms with E-state index in [1.54, 1.807) is 0 Å². The molecule has 2 aliphatic heterocycles. The van der Waals surface area contributed by atoms with E-state index < -0.39 is 6.71 Å². The molecule has 13 aromatic rings. The van der Waals surface area contributed by atoms with Gasteiger partial charge in [-0.1, -0.05) is 181 Å². The second kappa shape index (κ2) is 16.7. The molecule has 370 valence electrons. The quantitative estimate of drug-likeness (QED) is 0.155. The van der Waals surface area contributed by atoms with Crippen LogP contribution in [0, 0.1) is 0 Å². The Kier molecular flexibility index (Phi) is 9.78. The molecular formula is C70H53BN2O4. The molecule has 0 bridgehead atoms. The van der Waals surface area contributed by atoms with Crippen LogP contribution in [0.4, 0.5) is 34.1 Å². The lowest BCUT2D eigenvalue weighted by Gasteiger charge is -2.41. The number of benzene rings is 9. The van der Waals surface area contributed by atoms with Crippen LogP contribution in [-0.4, -0.2) is 6.71 Å². The van der Waals surface area contributed by atoms with E-state index in [1.165, 1.54) is 11.1 Å². The van der Waals surface area contributed by atoms with Crippen molar-refractivity contribution in [2.45, 2.75) is 52.4 Å². The lowest BCUT2D eigenvalue weighted by molar-refractivity contribution is 0.590. The van der Waals surface area contributed by atoms with Crippen molar-refractivity contribution >= 4 is 101 Å². The van der Waals surface area contributed by atoms with E-state index in [9.17, 15) is 0 Å². The van der Waals surface area contributed by atoms with E-state index in [0.29, 0.717) is 0 Å². The predicted molar refractivity (Wildman–Crippen MR) is 319 cm³/mol. The first-order chi connectivity index (χ1) is 37.5. The zero-order chi connectivity index (χ0) is 51.9. The summed E-state index contributed by atoms with van der Waals surface area (Å²) >= 11 is 0. The molecule has 0 radical (unpaired) electrons. The highest BCUT2D eigenvalue weighted by Gasteiger charge is 2.50. The molecule has 6 heterocycles. The summed E-state index contributed by atoms with van der Waals surface area (Å²) in [6.07, 6.45) is 3.79. The van der Waals surface area contributed by atoms with Gasteiger partial charge < -0.3 is 27.5 Å². The maximum Gasteiger partial charge on any atom is 0.342 e. The smallest absolute Gasteiger partial charge is 0.342 e. The maximum absolute atomic E-state index is 7.49. The first-order valence-electron chi connectivity index (χ1n) is 26.7. The van der Waals surface area contributed by atoms with Gasteiger partial charge in [-0.3, -0.25) is 0 Å². The average molecular weight is 997 g/mol. The highest BCUT2D eigenvalue weighted by atomic mass is 16.4. The lowest BCUT2D eigenvalue weighted by atomic mass is 9.37. The molecule has 0 N–H and O–H groups in total. The number of hydrogen-bond acceptors (Lipinski definition) is 6. The number of fused-ring (bicyclic) bond motifs is 10. The molecule has 0 atom stereocenters. The molecule has 6 nitrogen and oxygen atoms in total. The molecule has 15 rings (SSSR count). The van der Waals surface area contributed by atoms with E-state index >= 15 is 0 Å². The first kappa shape index (κ1) is 45.2. The van der Waals surface area contributed by atoms with E-state index in [4.69, 9.17) is 17.7 Å². The first-order valence-corrected chi connectivity index (χ1v) is 26.7. The van der Waals surface area contributed by atoms with Crippen molar-refractivity contribution in [2.24, 2.45) is 0 Å². The van der Waals surface area contributed by atoms with Crippen molar-refractivity contribution < 1.29 is 17.7 Å². The molecule has 0 saturated heterocycles. The van der Waals surface area contributed by atoms with Gasteiger partial charge in [0.15, 0.2) is 0 Å². The van der Waals surface area contributed by atoms with E-state index in [0.717, 1.165) is 139 Å². The van der Waals surface area contributed by atoms with Gasteiger partial charge in [0.05, 0.1) is 35.3 Å². The maximum atomic E-state index is 7.49. The van der Waals surface area contributed by atoms with Crippen molar-refractivity contribution in [3.05, 3.63) is 224 Å². The van der Waals surface area contributed by atoms with E-state index in [-0.39, 0.29) is 10.8 Å². The lowest BCUT2D eigenvalue weighted by Crippen LogP contribution is -2.60. The van der Waals surface area contributed by atoms with Gasteiger partial charge in [-0.05, 0) is 110 Å². The Labute approximate surface area is 447 Å². The fourth-order valence-electron chi connectivity index (χ4n) is 12.2. The Balaban J connectivity index is 1.08. The molecule has 0 spiro atoms. The summed E-state index contributed by atoms with van der Waals surface area (Å²) in [4.78, 5) is 4.99. The van der Waals surface area contributed by atoms with Crippen molar-refractivity contribution in [1.82, 2.24) is 0 Å². The molecule has 77 heavy (non-hydrogen) atoms. The van der Waals surface area contributed by atoms with Crippen molar-refractivity contribution in [3.8, 4) is 44.5 Å². The van der Waals surface area contributed by atoms with Crippen LogP contribution in [-0.2, 0) is 10.8 Å². The molecule has 0 fully saturated rings. The Morgan fingerprint density at radius 2 is 0.766 bits per heavy atom. The molecule has 7 heteroatoms. The van der Waals surface area contributed by atoms with Crippen LogP contribution < -0.4 is 26.6 Å². The Bertz CT molecular complexity index is 4220. The molecule has 4 aromatic heterocycles. The van der Waals surface area contributed by atoms with Crippen LogP contribution in [0.5, 0.6) is 0 Å². The third-order valence-electron chi connectivity index (χ3n) is 16.1. The normalized spacial score (nSPS) is 13.2. The Hall–Kier alpha value is -9.20. The number of nitrogens with zero attached hydrogens (tertiary/aromatic N) is 2. The molecule has 0 amide bonds. The summed E-state index contributed by atoms with van der Waals surface area (Å²) in [5, 5.41) is 4.22. The average Bonchev–Trinajstić information content (AvgIpc) is 4.47.